The predicted molar refractivity (Wildman–Crippen MR) is 89.6 cm³/mol. The number of fused-ring (bicyclic) bond motifs is 1. The summed E-state index contributed by atoms with van der Waals surface area (Å²) < 4.78 is 0. The molecule has 1 aliphatic carbocycles. The van der Waals surface area contributed by atoms with Crippen molar-refractivity contribution < 1.29 is 4.79 Å². The van der Waals surface area contributed by atoms with Gasteiger partial charge < -0.3 is 5.32 Å². The average Bonchev–Trinajstić information content (AvgIpc) is 2.83. The Hall–Kier alpha value is -1.83. The standard InChI is InChI=1S/C17H15ClN2OS/c1-10-5-6-13-14(9-19)17(22-15(13)7-10)20-16(21)11-3-2-4-12(18)8-11/h2-4,8,10H,5-7H2,1H3,(H,20,21)/t10-/m0/s1. The third-order valence-electron chi connectivity index (χ3n) is 3.94. The summed E-state index contributed by atoms with van der Waals surface area (Å²) in [6.45, 7) is 2.22. The number of nitriles is 1. The van der Waals surface area contributed by atoms with Crippen molar-refractivity contribution in [1.29, 1.82) is 5.26 Å². The van der Waals surface area contributed by atoms with Crippen molar-refractivity contribution in [2.75, 3.05) is 5.32 Å². The van der Waals surface area contributed by atoms with Crippen LogP contribution in [0.25, 0.3) is 0 Å². The molecule has 0 saturated carbocycles. The van der Waals surface area contributed by atoms with E-state index in [2.05, 4.69) is 18.3 Å². The van der Waals surface area contributed by atoms with Gasteiger partial charge in [-0.2, -0.15) is 5.26 Å². The number of halogens is 1. The molecule has 1 aromatic heterocycles. The molecule has 22 heavy (non-hydrogen) atoms. The summed E-state index contributed by atoms with van der Waals surface area (Å²) in [5.74, 6) is 0.403. The molecule has 112 valence electrons. The summed E-state index contributed by atoms with van der Waals surface area (Å²) in [5, 5.41) is 13.5. The van der Waals surface area contributed by atoms with Crippen molar-refractivity contribution in [2.45, 2.75) is 26.2 Å². The number of rotatable bonds is 2. The molecule has 0 unspecified atom stereocenters. The maximum Gasteiger partial charge on any atom is 0.256 e. The van der Waals surface area contributed by atoms with Crippen LogP contribution < -0.4 is 5.32 Å². The highest BCUT2D eigenvalue weighted by Gasteiger charge is 2.24. The fourth-order valence-electron chi connectivity index (χ4n) is 2.76. The average molecular weight is 331 g/mol. The molecule has 0 aliphatic heterocycles. The Morgan fingerprint density at radius 1 is 1.50 bits per heavy atom. The molecule has 0 radical (unpaired) electrons. The van der Waals surface area contributed by atoms with Crippen molar-refractivity contribution in [3.63, 3.8) is 0 Å². The van der Waals surface area contributed by atoms with Crippen LogP contribution in [-0.2, 0) is 12.8 Å². The van der Waals surface area contributed by atoms with E-state index in [1.165, 1.54) is 16.2 Å². The molecule has 3 rings (SSSR count). The number of nitrogens with one attached hydrogen (secondary N) is 1. The number of benzene rings is 1. The van der Waals surface area contributed by atoms with Gasteiger partial charge in [0.05, 0.1) is 5.56 Å². The van der Waals surface area contributed by atoms with Crippen LogP contribution in [0.1, 0.15) is 39.7 Å². The van der Waals surface area contributed by atoms with Gasteiger partial charge in [-0.05, 0) is 48.9 Å². The smallest absolute Gasteiger partial charge is 0.256 e. The fourth-order valence-corrected chi connectivity index (χ4v) is 4.31. The molecule has 0 spiro atoms. The number of hydrogen-bond donors (Lipinski definition) is 1. The topological polar surface area (TPSA) is 52.9 Å². The number of hydrogen-bond acceptors (Lipinski definition) is 3. The van der Waals surface area contributed by atoms with Gasteiger partial charge in [-0.25, -0.2) is 0 Å². The molecular formula is C17H15ClN2OS. The van der Waals surface area contributed by atoms with E-state index in [9.17, 15) is 10.1 Å². The van der Waals surface area contributed by atoms with Gasteiger partial charge in [0.15, 0.2) is 0 Å². The van der Waals surface area contributed by atoms with Gasteiger partial charge >= 0.3 is 0 Å². The zero-order chi connectivity index (χ0) is 15.7. The Morgan fingerprint density at radius 3 is 3.05 bits per heavy atom. The maximum absolute atomic E-state index is 12.3. The molecule has 0 saturated heterocycles. The molecule has 1 atom stereocenters. The number of carbonyl (C=O) groups excluding carboxylic acids is 1. The number of nitrogens with zero attached hydrogens (tertiary/aromatic N) is 1. The summed E-state index contributed by atoms with van der Waals surface area (Å²) >= 11 is 7.45. The lowest BCUT2D eigenvalue weighted by Crippen LogP contribution is -2.12. The lowest BCUT2D eigenvalue weighted by Gasteiger charge is -2.17. The Balaban J connectivity index is 1.90. The fraction of sp³-hybridized carbons (Fsp3) is 0.294. The Bertz CT molecular complexity index is 775. The van der Waals surface area contributed by atoms with Gasteiger partial charge in [0.25, 0.3) is 5.91 Å². The highest BCUT2D eigenvalue weighted by atomic mass is 35.5. The molecule has 3 nitrogen and oxygen atoms in total. The van der Waals surface area contributed by atoms with E-state index in [4.69, 9.17) is 11.6 Å². The van der Waals surface area contributed by atoms with Gasteiger partial charge in [0.2, 0.25) is 0 Å². The van der Waals surface area contributed by atoms with Crippen LogP contribution in [0.15, 0.2) is 24.3 Å². The lowest BCUT2D eigenvalue weighted by molar-refractivity contribution is 0.102. The van der Waals surface area contributed by atoms with Crippen molar-refractivity contribution >= 4 is 33.8 Å². The molecular weight excluding hydrogens is 316 g/mol. The van der Waals surface area contributed by atoms with Gasteiger partial charge in [-0.15, -0.1) is 11.3 Å². The minimum Gasteiger partial charge on any atom is -0.312 e. The lowest BCUT2D eigenvalue weighted by atomic mass is 9.88. The van der Waals surface area contributed by atoms with E-state index >= 15 is 0 Å². The van der Waals surface area contributed by atoms with E-state index in [0.29, 0.717) is 27.1 Å². The molecule has 0 bridgehead atoms. The zero-order valence-corrected chi connectivity index (χ0v) is 13.7. The predicted octanol–water partition coefficient (Wildman–Crippen LogP) is 4.65. The number of carbonyl (C=O) groups is 1. The van der Waals surface area contributed by atoms with E-state index in [-0.39, 0.29) is 5.91 Å². The van der Waals surface area contributed by atoms with Gasteiger partial charge in [0.1, 0.15) is 11.1 Å². The zero-order valence-electron chi connectivity index (χ0n) is 12.1. The van der Waals surface area contributed by atoms with Crippen LogP contribution in [0.5, 0.6) is 0 Å². The number of thiophene rings is 1. The Kier molecular flexibility index (Phi) is 4.19. The minimum atomic E-state index is -0.231. The highest BCUT2D eigenvalue weighted by molar-refractivity contribution is 7.16. The van der Waals surface area contributed by atoms with Crippen LogP contribution in [0.4, 0.5) is 5.00 Å². The summed E-state index contributed by atoms with van der Waals surface area (Å²) in [7, 11) is 0. The van der Waals surface area contributed by atoms with E-state index in [0.717, 1.165) is 24.8 Å². The molecule has 0 fully saturated rings. The SMILES string of the molecule is C[C@H]1CCc2c(sc(NC(=O)c3cccc(Cl)c3)c2C#N)C1. The van der Waals surface area contributed by atoms with Gasteiger partial charge in [-0.3, -0.25) is 4.79 Å². The second kappa shape index (κ2) is 6.12. The summed E-state index contributed by atoms with van der Waals surface area (Å²) in [6.07, 6.45) is 3.00. The van der Waals surface area contributed by atoms with Crippen molar-refractivity contribution in [3.8, 4) is 6.07 Å². The number of anilines is 1. The molecule has 1 aromatic carbocycles. The van der Waals surface area contributed by atoms with Crippen molar-refractivity contribution in [1.82, 2.24) is 0 Å². The quantitative estimate of drug-likeness (QED) is 0.871. The van der Waals surface area contributed by atoms with E-state index in [1.807, 2.05) is 0 Å². The first-order valence-electron chi connectivity index (χ1n) is 7.20. The third kappa shape index (κ3) is 2.87. The Morgan fingerprint density at radius 2 is 2.32 bits per heavy atom. The third-order valence-corrected chi connectivity index (χ3v) is 5.34. The molecule has 5 heteroatoms. The first kappa shape index (κ1) is 15.1. The molecule has 2 aromatic rings. The minimum absolute atomic E-state index is 0.231. The summed E-state index contributed by atoms with van der Waals surface area (Å²) in [5.41, 5.74) is 2.24. The summed E-state index contributed by atoms with van der Waals surface area (Å²) in [6, 6.07) is 9.06. The van der Waals surface area contributed by atoms with Crippen LogP contribution in [0.3, 0.4) is 0 Å². The highest BCUT2D eigenvalue weighted by Crippen LogP contribution is 2.39. The largest absolute Gasteiger partial charge is 0.312 e. The van der Waals surface area contributed by atoms with Gasteiger partial charge in [-0.1, -0.05) is 24.6 Å². The number of amides is 1. The monoisotopic (exact) mass is 330 g/mol. The van der Waals surface area contributed by atoms with Crippen LogP contribution >= 0.6 is 22.9 Å². The van der Waals surface area contributed by atoms with Crippen molar-refractivity contribution in [3.05, 3.63) is 50.9 Å². The van der Waals surface area contributed by atoms with Crippen LogP contribution in [-0.4, -0.2) is 5.91 Å². The van der Waals surface area contributed by atoms with E-state index < -0.39 is 0 Å². The molecule has 1 amide bonds. The van der Waals surface area contributed by atoms with Crippen LogP contribution in [0.2, 0.25) is 5.02 Å². The van der Waals surface area contributed by atoms with Crippen molar-refractivity contribution in [2.24, 2.45) is 5.92 Å². The summed E-state index contributed by atoms with van der Waals surface area (Å²) in [4.78, 5) is 13.6. The normalized spacial score (nSPS) is 16.7. The van der Waals surface area contributed by atoms with E-state index in [1.54, 1.807) is 24.3 Å². The molecule has 1 N–H and O–H groups in total. The van der Waals surface area contributed by atoms with Gasteiger partial charge in [0, 0.05) is 15.5 Å². The second-order valence-corrected chi connectivity index (χ2v) is 7.17. The molecule has 1 aliphatic rings. The maximum atomic E-state index is 12.3. The molecule has 1 heterocycles. The second-order valence-electron chi connectivity index (χ2n) is 5.63. The first-order chi connectivity index (χ1) is 10.6. The van der Waals surface area contributed by atoms with Crippen LogP contribution in [0, 0.1) is 17.2 Å². The first-order valence-corrected chi connectivity index (χ1v) is 8.39. The Labute approximate surface area is 138 Å².